The Kier molecular flexibility index (Phi) is 3.11. The van der Waals surface area contributed by atoms with E-state index in [1.165, 1.54) is 6.07 Å². The van der Waals surface area contributed by atoms with Gasteiger partial charge in [-0.1, -0.05) is 11.6 Å². The van der Waals surface area contributed by atoms with Crippen molar-refractivity contribution in [2.75, 3.05) is 4.90 Å². The summed E-state index contributed by atoms with van der Waals surface area (Å²) in [6, 6.07) is 2.51. The van der Waals surface area contributed by atoms with Gasteiger partial charge in [-0.2, -0.15) is 0 Å². The average Bonchev–Trinajstić information content (AvgIpc) is 2.10. The van der Waals surface area contributed by atoms with Crippen LogP contribution in [0.15, 0.2) is 18.2 Å². The number of hydrogen-bond donors (Lipinski definition) is 3. The molecule has 0 aliphatic heterocycles. The number of amides is 2. The first-order valence-electron chi connectivity index (χ1n) is 3.82. The van der Waals surface area contributed by atoms with Crippen molar-refractivity contribution in [3.8, 4) is 0 Å². The largest absolute Gasteiger partial charge is 0.369 e. The van der Waals surface area contributed by atoms with E-state index in [-0.39, 0.29) is 10.7 Å². The van der Waals surface area contributed by atoms with Crippen molar-refractivity contribution in [1.82, 2.24) is 0 Å². The maximum absolute atomic E-state index is 12.8. The van der Waals surface area contributed by atoms with E-state index in [2.05, 4.69) is 0 Å². The van der Waals surface area contributed by atoms with Crippen LogP contribution >= 0.6 is 11.6 Å². The minimum Gasteiger partial charge on any atom is -0.369 e. The third-order valence-electron chi connectivity index (χ3n) is 1.62. The molecule has 80 valence electrons. The molecule has 0 saturated heterocycles. The normalized spacial score (nSPS) is 9.73. The zero-order valence-electron chi connectivity index (χ0n) is 7.50. The van der Waals surface area contributed by atoms with Gasteiger partial charge in [0.2, 0.25) is 5.96 Å². The number of hydrogen-bond acceptors (Lipinski definition) is 2. The predicted molar refractivity (Wildman–Crippen MR) is 55.4 cm³/mol. The number of guanidine groups is 1. The molecule has 0 aliphatic rings. The summed E-state index contributed by atoms with van der Waals surface area (Å²) in [5.41, 5.74) is 10.3. The molecular weight excluding hydrogens is 223 g/mol. The second kappa shape index (κ2) is 4.14. The highest BCUT2D eigenvalue weighted by molar-refractivity contribution is 6.31. The molecule has 0 aliphatic carbocycles. The number of urea groups is 1. The highest BCUT2D eigenvalue weighted by atomic mass is 35.5. The fourth-order valence-electron chi connectivity index (χ4n) is 1.01. The van der Waals surface area contributed by atoms with Gasteiger partial charge >= 0.3 is 6.03 Å². The van der Waals surface area contributed by atoms with Gasteiger partial charge in [-0.05, 0) is 18.2 Å². The van der Waals surface area contributed by atoms with Crippen LogP contribution in [0.4, 0.5) is 14.9 Å². The van der Waals surface area contributed by atoms with Gasteiger partial charge in [0.05, 0.1) is 10.7 Å². The summed E-state index contributed by atoms with van der Waals surface area (Å²) in [4.78, 5) is 11.6. The van der Waals surface area contributed by atoms with E-state index in [4.69, 9.17) is 28.5 Å². The Morgan fingerprint density at radius 1 is 1.47 bits per heavy atom. The molecule has 0 aromatic heterocycles. The van der Waals surface area contributed by atoms with E-state index in [9.17, 15) is 9.18 Å². The monoisotopic (exact) mass is 230 g/mol. The fraction of sp³-hybridized carbons (Fsp3) is 0. The first kappa shape index (κ1) is 11.3. The molecular formula is C8H8ClFN4O. The highest BCUT2D eigenvalue weighted by Crippen LogP contribution is 2.22. The maximum atomic E-state index is 12.8. The maximum Gasteiger partial charge on any atom is 0.326 e. The number of anilines is 1. The average molecular weight is 231 g/mol. The van der Waals surface area contributed by atoms with Crippen molar-refractivity contribution in [2.45, 2.75) is 0 Å². The van der Waals surface area contributed by atoms with Gasteiger partial charge in [-0.25, -0.2) is 14.1 Å². The smallest absolute Gasteiger partial charge is 0.326 e. The van der Waals surface area contributed by atoms with Crippen LogP contribution in [-0.2, 0) is 0 Å². The van der Waals surface area contributed by atoms with Gasteiger partial charge in [0.25, 0.3) is 0 Å². The zero-order valence-corrected chi connectivity index (χ0v) is 8.25. The molecule has 0 unspecified atom stereocenters. The Hall–Kier alpha value is -1.82. The van der Waals surface area contributed by atoms with Crippen molar-refractivity contribution in [2.24, 2.45) is 11.5 Å². The minimum absolute atomic E-state index is 0.140. The number of nitrogens with zero attached hydrogens (tertiary/aromatic N) is 1. The van der Waals surface area contributed by atoms with Crippen LogP contribution < -0.4 is 16.4 Å². The van der Waals surface area contributed by atoms with Crippen LogP contribution in [0, 0.1) is 11.2 Å². The summed E-state index contributed by atoms with van der Waals surface area (Å²) in [7, 11) is 0. The van der Waals surface area contributed by atoms with E-state index in [0.29, 0.717) is 4.90 Å². The van der Waals surface area contributed by atoms with Crippen LogP contribution in [0.2, 0.25) is 5.02 Å². The number of benzene rings is 1. The van der Waals surface area contributed by atoms with Crippen molar-refractivity contribution < 1.29 is 9.18 Å². The molecule has 5 nitrogen and oxygen atoms in total. The number of carbonyl (C=O) groups excluding carboxylic acids is 1. The van der Waals surface area contributed by atoms with Crippen LogP contribution in [0.1, 0.15) is 0 Å². The highest BCUT2D eigenvalue weighted by Gasteiger charge is 2.16. The van der Waals surface area contributed by atoms with Crippen LogP contribution in [0.25, 0.3) is 0 Å². The van der Waals surface area contributed by atoms with Gasteiger partial charge in [-0.3, -0.25) is 5.41 Å². The van der Waals surface area contributed by atoms with Gasteiger partial charge in [0.15, 0.2) is 0 Å². The van der Waals surface area contributed by atoms with E-state index in [0.717, 1.165) is 12.1 Å². The number of rotatable bonds is 1. The molecule has 1 aromatic carbocycles. The first-order valence-corrected chi connectivity index (χ1v) is 4.20. The molecule has 0 saturated carbocycles. The summed E-state index contributed by atoms with van der Waals surface area (Å²) in [5, 5.41) is 6.93. The molecule has 1 aromatic rings. The molecule has 2 amide bonds. The second-order valence-corrected chi connectivity index (χ2v) is 3.06. The molecule has 0 radical (unpaired) electrons. The molecule has 0 spiro atoms. The van der Waals surface area contributed by atoms with Crippen LogP contribution in [0.5, 0.6) is 0 Å². The third-order valence-corrected chi connectivity index (χ3v) is 1.91. The summed E-state index contributed by atoms with van der Waals surface area (Å²) >= 11 is 5.50. The lowest BCUT2D eigenvalue weighted by molar-refractivity contribution is 0.256. The van der Waals surface area contributed by atoms with Crippen molar-refractivity contribution in [3.63, 3.8) is 0 Å². The minimum atomic E-state index is -0.940. The van der Waals surface area contributed by atoms with Gasteiger partial charge in [0.1, 0.15) is 5.82 Å². The second-order valence-electron chi connectivity index (χ2n) is 2.66. The molecule has 0 atom stereocenters. The summed E-state index contributed by atoms with van der Waals surface area (Å²) < 4.78 is 12.8. The SMILES string of the molecule is N=C(N)N(C(N)=O)c1ccc(F)c(Cl)c1. The van der Waals surface area contributed by atoms with Crippen LogP contribution in [0.3, 0.4) is 0 Å². The Morgan fingerprint density at radius 3 is 2.47 bits per heavy atom. The van der Waals surface area contributed by atoms with Crippen molar-refractivity contribution in [1.29, 1.82) is 5.41 Å². The topological polar surface area (TPSA) is 96.2 Å². The quantitative estimate of drug-likeness (QED) is 0.500. The van der Waals surface area contributed by atoms with Crippen molar-refractivity contribution >= 4 is 29.3 Å². The number of carbonyl (C=O) groups is 1. The van der Waals surface area contributed by atoms with E-state index >= 15 is 0 Å². The Balaban J connectivity index is 3.18. The summed E-state index contributed by atoms with van der Waals surface area (Å²) in [6.45, 7) is 0. The lowest BCUT2D eigenvalue weighted by atomic mass is 10.3. The lowest BCUT2D eigenvalue weighted by Gasteiger charge is -2.18. The Labute approximate surface area is 89.9 Å². The van der Waals surface area contributed by atoms with Gasteiger partial charge in [0, 0.05) is 0 Å². The molecule has 1 rings (SSSR count). The van der Waals surface area contributed by atoms with Crippen LogP contribution in [-0.4, -0.2) is 12.0 Å². The lowest BCUT2D eigenvalue weighted by Crippen LogP contribution is -2.44. The molecule has 15 heavy (non-hydrogen) atoms. The van der Waals surface area contributed by atoms with Gasteiger partial charge in [-0.15, -0.1) is 0 Å². The zero-order chi connectivity index (χ0) is 11.6. The molecule has 0 heterocycles. The molecule has 0 bridgehead atoms. The van der Waals surface area contributed by atoms with E-state index in [1.54, 1.807) is 0 Å². The summed E-state index contributed by atoms with van der Waals surface area (Å²) in [6.07, 6.45) is 0. The standard InChI is InChI=1S/C8H8ClFN4O/c9-5-3-4(1-2-6(5)10)14(7(11)12)8(13)15/h1-3H,(H3,11,12)(H2,13,15). The fourth-order valence-corrected chi connectivity index (χ4v) is 1.18. The predicted octanol–water partition coefficient (Wildman–Crippen LogP) is 1.26. The third kappa shape index (κ3) is 2.35. The number of primary amides is 1. The molecule has 0 fully saturated rings. The Bertz CT molecular complexity index is 409. The molecule has 5 N–H and O–H groups in total. The number of nitrogens with one attached hydrogen (secondary N) is 1. The number of halogens is 2. The first-order chi connectivity index (χ1) is 6.93. The summed E-state index contributed by atoms with van der Waals surface area (Å²) in [5.74, 6) is -1.20. The van der Waals surface area contributed by atoms with Crippen molar-refractivity contribution in [3.05, 3.63) is 29.0 Å². The molecule has 7 heteroatoms. The Morgan fingerprint density at radius 2 is 2.07 bits per heavy atom. The van der Waals surface area contributed by atoms with E-state index in [1.807, 2.05) is 0 Å². The van der Waals surface area contributed by atoms with E-state index < -0.39 is 17.8 Å². The van der Waals surface area contributed by atoms with Gasteiger partial charge < -0.3 is 11.5 Å². The number of nitrogens with two attached hydrogens (primary N) is 2.